The van der Waals surface area contributed by atoms with Crippen LogP contribution in [0.2, 0.25) is 0 Å². The zero-order valence-electron chi connectivity index (χ0n) is 11.3. The van der Waals surface area contributed by atoms with Crippen molar-refractivity contribution in [1.29, 1.82) is 0 Å². The number of nitrogen functional groups attached to an aromatic ring is 1. The number of nitrogens with one attached hydrogen (secondary N) is 1. The molecule has 7 nitrogen and oxygen atoms in total. The molecule has 0 radical (unpaired) electrons. The summed E-state index contributed by atoms with van der Waals surface area (Å²) in [6.07, 6.45) is 2.84. The molecule has 0 spiro atoms. The van der Waals surface area contributed by atoms with Gasteiger partial charge in [0.15, 0.2) is 5.82 Å². The molecule has 0 aliphatic heterocycles. The number of nitrogens with zero attached hydrogens (tertiary/aromatic N) is 2. The highest BCUT2D eigenvalue weighted by Gasteiger charge is 2.21. The lowest BCUT2D eigenvalue weighted by Crippen LogP contribution is -2.29. The van der Waals surface area contributed by atoms with Crippen molar-refractivity contribution in [3.05, 3.63) is 6.20 Å². The summed E-state index contributed by atoms with van der Waals surface area (Å²) in [7, 11) is -3.64. The molecule has 1 atom stereocenters. The van der Waals surface area contributed by atoms with Gasteiger partial charge in [0.25, 0.3) is 0 Å². The highest BCUT2D eigenvalue weighted by atomic mass is 32.2. The monoisotopic (exact) mass is 290 g/mol. The predicted molar refractivity (Wildman–Crippen MR) is 73.0 cm³/mol. The average molecular weight is 290 g/mol. The number of hydrogen-bond donors (Lipinski definition) is 3. The van der Waals surface area contributed by atoms with Gasteiger partial charge in [0.2, 0.25) is 10.0 Å². The Balaban J connectivity index is 2.76. The predicted octanol–water partition coefficient (Wildman–Crippen LogP) is 0.172. The Bertz CT molecular complexity index is 498. The van der Waals surface area contributed by atoms with Crippen molar-refractivity contribution in [2.45, 2.75) is 38.1 Å². The highest BCUT2D eigenvalue weighted by molar-refractivity contribution is 7.89. The van der Waals surface area contributed by atoms with Gasteiger partial charge in [-0.15, -0.1) is 0 Å². The van der Waals surface area contributed by atoms with Gasteiger partial charge in [-0.25, -0.2) is 13.1 Å². The Morgan fingerprint density at radius 3 is 2.84 bits per heavy atom. The molecule has 1 rings (SSSR count). The molecular weight excluding hydrogens is 268 g/mol. The number of rotatable bonds is 8. The smallest absolute Gasteiger partial charge is 0.245 e. The third-order valence-electron chi connectivity index (χ3n) is 2.74. The second-order valence-corrected chi connectivity index (χ2v) is 6.35. The molecule has 0 fully saturated rings. The molecule has 0 aromatic carbocycles. The summed E-state index contributed by atoms with van der Waals surface area (Å²) in [5.41, 5.74) is 5.63. The van der Waals surface area contributed by atoms with Crippen molar-refractivity contribution in [1.82, 2.24) is 14.5 Å². The number of sulfonamides is 1. The molecule has 0 bridgehead atoms. The van der Waals surface area contributed by atoms with E-state index in [0.29, 0.717) is 13.0 Å². The Hall–Kier alpha value is -1.12. The van der Waals surface area contributed by atoms with Crippen LogP contribution in [0.4, 0.5) is 5.82 Å². The molecule has 0 aliphatic rings. The second kappa shape index (κ2) is 6.88. The van der Waals surface area contributed by atoms with Crippen LogP contribution in [-0.4, -0.2) is 36.5 Å². The van der Waals surface area contributed by atoms with Gasteiger partial charge in [0.1, 0.15) is 4.90 Å². The van der Waals surface area contributed by atoms with E-state index in [2.05, 4.69) is 9.82 Å². The van der Waals surface area contributed by atoms with Crippen molar-refractivity contribution >= 4 is 15.8 Å². The van der Waals surface area contributed by atoms with Crippen molar-refractivity contribution in [3.8, 4) is 0 Å². The quantitative estimate of drug-likeness (QED) is 0.632. The first-order chi connectivity index (χ1) is 8.90. The van der Waals surface area contributed by atoms with E-state index in [-0.39, 0.29) is 29.8 Å². The number of nitrogens with two attached hydrogens (primary N) is 1. The lowest BCUT2D eigenvalue weighted by molar-refractivity contribution is 0.263. The zero-order chi connectivity index (χ0) is 14.5. The van der Waals surface area contributed by atoms with E-state index >= 15 is 0 Å². The summed E-state index contributed by atoms with van der Waals surface area (Å²) in [5.74, 6) is 0.0717. The largest absolute Gasteiger partial charge is 0.396 e. The number of aryl methyl sites for hydroxylation is 1. The first-order valence-corrected chi connectivity index (χ1v) is 7.82. The van der Waals surface area contributed by atoms with Gasteiger partial charge >= 0.3 is 0 Å². The maximum Gasteiger partial charge on any atom is 0.245 e. The van der Waals surface area contributed by atoms with Gasteiger partial charge in [-0.3, -0.25) is 4.68 Å². The van der Waals surface area contributed by atoms with Crippen LogP contribution >= 0.6 is 0 Å². The fourth-order valence-corrected chi connectivity index (χ4v) is 2.86. The third kappa shape index (κ3) is 4.48. The maximum atomic E-state index is 12.1. The fraction of sp³-hybridized carbons (Fsp3) is 0.727. The minimum absolute atomic E-state index is 0.00996. The minimum atomic E-state index is -3.64. The van der Waals surface area contributed by atoms with Gasteiger partial charge < -0.3 is 10.8 Å². The van der Waals surface area contributed by atoms with Crippen LogP contribution < -0.4 is 10.5 Å². The van der Waals surface area contributed by atoms with Crippen LogP contribution in [0, 0.1) is 5.92 Å². The number of aliphatic hydroxyl groups excluding tert-OH is 1. The van der Waals surface area contributed by atoms with E-state index in [1.807, 2.05) is 13.8 Å². The summed E-state index contributed by atoms with van der Waals surface area (Å²) < 4.78 is 28.2. The summed E-state index contributed by atoms with van der Waals surface area (Å²) in [5, 5.41) is 12.7. The summed E-state index contributed by atoms with van der Waals surface area (Å²) in [6, 6.07) is 0. The molecule has 0 saturated heterocycles. The van der Waals surface area contributed by atoms with E-state index in [1.54, 1.807) is 0 Å². The SMILES string of the molecule is CCCn1cc(S(=O)(=O)NCC(C)CCO)c(N)n1. The van der Waals surface area contributed by atoms with Crippen LogP contribution in [0.1, 0.15) is 26.7 Å². The summed E-state index contributed by atoms with van der Waals surface area (Å²) in [6.45, 7) is 4.77. The molecule has 4 N–H and O–H groups in total. The topological polar surface area (TPSA) is 110 Å². The Morgan fingerprint density at radius 2 is 2.26 bits per heavy atom. The van der Waals surface area contributed by atoms with Crippen LogP contribution in [0.15, 0.2) is 11.1 Å². The average Bonchev–Trinajstić information content (AvgIpc) is 2.70. The summed E-state index contributed by atoms with van der Waals surface area (Å²) in [4.78, 5) is 0.0112. The van der Waals surface area contributed by atoms with Crippen LogP contribution in [-0.2, 0) is 16.6 Å². The number of aliphatic hydroxyl groups is 1. The first-order valence-electron chi connectivity index (χ1n) is 6.34. The van der Waals surface area contributed by atoms with Crippen molar-refractivity contribution < 1.29 is 13.5 Å². The zero-order valence-corrected chi connectivity index (χ0v) is 12.2. The van der Waals surface area contributed by atoms with E-state index in [1.165, 1.54) is 10.9 Å². The number of hydrogen-bond acceptors (Lipinski definition) is 5. The van der Waals surface area contributed by atoms with Crippen molar-refractivity contribution in [3.63, 3.8) is 0 Å². The standard InChI is InChI=1S/C11H22N4O3S/c1-3-5-15-8-10(11(12)14-15)19(17,18)13-7-9(2)4-6-16/h8-9,13,16H,3-7H2,1-2H3,(H2,12,14). The summed E-state index contributed by atoms with van der Waals surface area (Å²) >= 11 is 0. The molecule has 1 heterocycles. The van der Waals surface area contributed by atoms with Crippen LogP contribution in [0.3, 0.4) is 0 Å². The molecule has 110 valence electrons. The Labute approximate surface area is 113 Å². The molecule has 1 aromatic heterocycles. The highest BCUT2D eigenvalue weighted by Crippen LogP contribution is 2.16. The van der Waals surface area contributed by atoms with Gasteiger partial charge in [0, 0.05) is 25.9 Å². The molecular formula is C11H22N4O3S. The van der Waals surface area contributed by atoms with E-state index in [4.69, 9.17) is 10.8 Å². The van der Waals surface area contributed by atoms with Gasteiger partial charge in [-0.1, -0.05) is 13.8 Å². The van der Waals surface area contributed by atoms with Gasteiger partial charge in [0.05, 0.1) is 0 Å². The lowest BCUT2D eigenvalue weighted by Gasteiger charge is -2.10. The first kappa shape index (κ1) is 15.9. The second-order valence-electron chi connectivity index (χ2n) is 4.61. The molecule has 1 aromatic rings. The number of anilines is 1. The Morgan fingerprint density at radius 1 is 1.58 bits per heavy atom. The minimum Gasteiger partial charge on any atom is -0.396 e. The van der Waals surface area contributed by atoms with E-state index in [0.717, 1.165) is 6.42 Å². The molecule has 8 heteroatoms. The Kier molecular flexibility index (Phi) is 5.77. The molecule has 1 unspecified atom stereocenters. The molecule has 19 heavy (non-hydrogen) atoms. The lowest BCUT2D eigenvalue weighted by atomic mass is 10.1. The molecule has 0 aliphatic carbocycles. The van der Waals surface area contributed by atoms with E-state index < -0.39 is 10.0 Å². The van der Waals surface area contributed by atoms with Crippen molar-refractivity contribution in [2.75, 3.05) is 18.9 Å². The van der Waals surface area contributed by atoms with Gasteiger partial charge in [-0.2, -0.15) is 5.10 Å². The fourth-order valence-electron chi connectivity index (χ4n) is 1.62. The van der Waals surface area contributed by atoms with Crippen LogP contribution in [0.25, 0.3) is 0 Å². The van der Waals surface area contributed by atoms with Crippen molar-refractivity contribution in [2.24, 2.45) is 5.92 Å². The normalized spacial score (nSPS) is 13.6. The third-order valence-corrected chi connectivity index (χ3v) is 4.18. The number of aromatic nitrogens is 2. The van der Waals surface area contributed by atoms with Crippen LogP contribution in [0.5, 0.6) is 0 Å². The van der Waals surface area contributed by atoms with Gasteiger partial charge in [-0.05, 0) is 18.8 Å². The van der Waals surface area contributed by atoms with E-state index in [9.17, 15) is 8.42 Å². The molecule has 0 amide bonds. The molecule has 0 saturated carbocycles. The maximum absolute atomic E-state index is 12.1.